The van der Waals surface area contributed by atoms with E-state index < -0.39 is 23.1 Å². The third-order valence-corrected chi connectivity index (χ3v) is 4.25. The lowest BCUT2D eigenvalue weighted by Crippen LogP contribution is -2.50. The van der Waals surface area contributed by atoms with Gasteiger partial charge in [0.15, 0.2) is 11.6 Å². The minimum atomic E-state index is -0.689. The van der Waals surface area contributed by atoms with Gasteiger partial charge in [-0.15, -0.1) is 0 Å². The molecule has 1 heterocycles. The molecule has 2 rings (SSSR count). The van der Waals surface area contributed by atoms with E-state index in [-0.39, 0.29) is 17.9 Å². The minimum absolute atomic E-state index is 0.0188. The molecule has 1 aromatic rings. The van der Waals surface area contributed by atoms with Crippen molar-refractivity contribution in [1.29, 1.82) is 0 Å². The molecule has 0 aliphatic carbocycles. The highest BCUT2D eigenvalue weighted by atomic mass is 19.1. The maximum Gasteiger partial charge on any atom is 0.172 e. The molecule has 1 aliphatic heterocycles. The van der Waals surface area contributed by atoms with E-state index in [9.17, 15) is 13.9 Å². The Morgan fingerprint density at radius 2 is 1.95 bits per heavy atom. The normalized spacial score (nSPS) is 18.3. The monoisotopic (exact) mass is 314 g/mol. The molecular weight excluding hydrogens is 290 g/mol. The summed E-state index contributed by atoms with van der Waals surface area (Å²) in [6.07, 6.45) is 0. The van der Waals surface area contributed by atoms with Crippen molar-refractivity contribution in [3.8, 4) is 5.75 Å². The number of hydrogen-bond acceptors (Lipinski definition) is 4. The zero-order chi connectivity index (χ0) is 16.3. The molecule has 1 fully saturated rings. The molecule has 22 heavy (non-hydrogen) atoms. The Balaban J connectivity index is 2.53. The van der Waals surface area contributed by atoms with Crippen molar-refractivity contribution in [2.75, 3.05) is 39.9 Å². The van der Waals surface area contributed by atoms with Crippen molar-refractivity contribution in [3.05, 3.63) is 29.3 Å². The van der Waals surface area contributed by atoms with E-state index in [2.05, 4.69) is 5.32 Å². The Morgan fingerprint density at radius 1 is 1.32 bits per heavy atom. The molecule has 0 radical (unpaired) electrons. The highest BCUT2D eigenvalue weighted by molar-refractivity contribution is 5.35. The van der Waals surface area contributed by atoms with Crippen LogP contribution in [-0.2, 0) is 0 Å². The number of benzene rings is 1. The van der Waals surface area contributed by atoms with Gasteiger partial charge >= 0.3 is 0 Å². The molecule has 0 bridgehead atoms. The van der Waals surface area contributed by atoms with E-state index >= 15 is 0 Å². The average Bonchev–Trinajstić information content (AvgIpc) is 2.52. The van der Waals surface area contributed by atoms with Gasteiger partial charge in [0, 0.05) is 49.8 Å². The fraction of sp³-hybridized carbons (Fsp3) is 0.625. The fourth-order valence-corrected chi connectivity index (χ4v) is 3.05. The van der Waals surface area contributed by atoms with E-state index in [1.165, 1.54) is 19.2 Å². The van der Waals surface area contributed by atoms with E-state index in [4.69, 9.17) is 4.74 Å². The predicted octanol–water partition coefficient (Wildman–Crippen LogP) is 1.94. The van der Waals surface area contributed by atoms with Gasteiger partial charge in [0.2, 0.25) is 0 Å². The summed E-state index contributed by atoms with van der Waals surface area (Å²) < 4.78 is 34.1. The SMILES string of the molecule is COc1ccc(F)c([C@H](N2CCNCC2)C(C)(C)CO)c1F. The molecule has 0 amide bonds. The number of ether oxygens (including phenoxy) is 1. The van der Waals surface area contributed by atoms with Crippen LogP contribution < -0.4 is 10.1 Å². The summed E-state index contributed by atoms with van der Waals surface area (Å²) in [4.78, 5) is 2.02. The first kappa shape index (κ1) is 17.1. The van der Waals surface area contributed by atoms with E-state index in [0.29, 0.717) is 13.1 Å². The van der Waals surface area contributed by atoms with Crippen LogP contribution in [-0.4, -0.2) is 49.9 Å². The maximum absolute atomic E-state index is 14.7. The van der Waals surface area contributed by atoms with Crippen molar-refractivity contribution >= 4 is 0 Å². The number of aliphatic hydroxyl groups is 1. The Bertz CT molecular complexity index is 517. The summed E-state index contributed by atoms with van der Waals surface area (Å²) >= 11 is 0. The van der Waals surface area contributed by atoms with Gasteiger partial charge in [-0.3, -0.25) is 4.90 Å². The molecular formula is C16H24F2N2O2. The smallest absolute Gasteiger partial charge is 0.172 e. The Labute approximate surface area is 130 Å². The van der Waals surface area contributed by atoms with Crippen LogP contribution in [0.25, 0.3) is 0 Å². The van der Waals surface area contributed by atoms with Crippen LogP contribution in [0.3, 0.4) is 0 Å². The molecule has 1 aromatic carbocycles. The Hall–Kier alpha value is -1.24. The molecule has 0 spiro atoms. The first-order valence-corrected chi connectivity index (χ1v) is 7.50. The van der Waals surface area contributed by atoms with Gasteiger partial charge in [0.05, 0.1) is 7.11 Å². The Kier molecular flexibility index (Phi) is 5.36. The quantitative estimate of drug-likeness (QED) is 0.872. The van der Waals surface area contributed by atoms with Gasteiger partial charge in [-0.25, -0.2) is 8.78 Å². The Morgan fingerprint density at radius 3 is 2.50 bits per heavy atom. The van der Waals surface area contributed by atoms with Crippen LogP contribution in [0.2, 0.25) is 0 Å². The summed E-state index contributed by atoms with van der Waals surface area (Å²) in [5.74, 6) is -1.28. The van der Waals surface area contributed by atoms with Crippen molar-refractivity contribution in [1.82, 2.24) is 10.2 Å². The maximum atomic E-state index is 14.7. The minimum Gasteiger partial charge on any atom is -0.494 e. The number of piperazine rings is 1. The van der Waals surface area contributed by atoms with Gasteiger partial charge in [0.25, 0.3) is 0 Å². The number of hydrogen-bond donors (Lipinski definition) is 2. The van der Waals surface area contributed by atoms with Gasteiger partial charge in [-0.1, -0.05) is 13.8 Å². The second-order valence-corrected chi connectivity index (χ2v) is 6.31. The summed E-state index contributed by atoms with van der Waals surface area (Å²) in [6, 6.07) is 1.95. The van der Waals surface area contributed by atoms with Crippen LogP contribution in [0.15, 0.2) is 12.1 Å². The van der Waals surface area contributed by atoms with Crippen LogP contribution >= 0.6 is 0 Å². The molecule has 1 saturated heterocycles. The molecule has 0 unspecified atom stereocenters. The average molecular weight is 314 g/mol. The van der Waals surface area contributed by atoms with Crippen molar-refractivity contribution in [3.63, 3.8) is 0 Å². The van der Waals surface area contributed by atoms with Gasteiger partial charge in [-0.05, 0) is 12.1 Å². The van der Waals surface area contributed by atoms with Crippen molar-refractivity contribution in [2.45, 2.75) is 19.9 Å². The highest BCUT2D eigenvalue weighted by Gasteiger charge is 2.39. The molecule has 0 aromatic heterocycles. The summed E-state index contributed by atoms with van der Waals surface area (Å²) in [5, 5.41) is 13.0. The summed E-state index contributed by atoms with van der Waals surface area (Å²) in [6.45, 7) is 6.32. The highest BCUT2D eigenvalue weighted by Crippen LogP contribution is 2.42. The molecule has 1 atom stereocenters. The van der Waals surface area contributed by atoms with Gasteiger partial charge in [-0.2, -0.15) is 0 Å². The fourth-order valence-electron chi connectivity index (χ4n) is 3.05. The largest absolute Gasteiger partial charge is 0.494 e. The molecule has 1 aliphatic rings. The number of nitrogens with zero attached hydrogens (tertiary/aromatic N) is 1. The van der Waals surface area contributed by atoms with Crippen LogP contribution in [0.1, 0.15) is 25.5 Å². The van der Waals surface area contributed by atoms with E-state index in [1.54, 1.807) is 0 Å². The number of nitrogens with one attached hydrogen (secondary N) is 1. The second kappa shape index (κ2) is 6.89. The third kappa shape index (κ3) is 3.24. The number of halogens is 2. The standard InChI is InChI=1S/C16H24F2N2O2/c1-16(2,10-21)15(20-8-6-19-7-9-20)13-11(17)4-5-12(22-3)14(13)18/h4-5,15,19,21H,6-10H2,1-3H3/t15-/m0/s1. The molecule has 124 valence electrons. The van der Waals surface area contributed by atoms with E-state index in [1.807, 2.05) is 18.7 Å². The van der Waals surface area contributed by atoms with Crippen LogP contribution in [0.4, 0.5) is 8.78 Å². The van der Waals surface area contributed by atoms with Crippen LogP contribution in [0.5, 0.6) is 5.75 Å². The first-order valence-electron chi connectivity index (χ1n) is 7.50. The zero-order valence-electron chi connectivity index (χ0n) is 13.3. The number of aliphatic hydroxyl groups excluding tert-OH is 1. The molecule has 0 saturated carbocycles. The lowest BCUT2D eigenvalue weighted by molar-refractivity contribution is 0.0263. The molecule has 6 heteroatoms. The summed E-state index contributed by atoms with van der Waals surface area (Å²) in [7, 11) is 1.36. The van der Waals surface area contributed by atoms with Gasteiger partial charge in [0.1, 0.15) is 5.82 Å². The first-order chi connectivity index (χ1) is 10.4. The zero-order valence-corrected chi connectivity index (χ0v) is 13.3. The lowest BCUT2D eigenvalue weighted by Gasteiger charge is -2.43. The summed E-state index contributed by atoms with van der Waals surface area (Å²) in [5.41, 5.74) is -0.717. The van der Waals surface area contributed by atoms with Gasteiger partial charge < -0.3 is 15.2 Å². The van der Waals surface area contributed by atoms with Crippen molar-refractivity contribution < 1.29 is 18.6 Å². The number of rotatable bonds is 5. The third-order valence-electron chi connectivity index (χ3n) is 4.25. The molecule has 4 nitrogen and oxygen atoms in total. The topological polar surface area (TPSA) is 44.7 Å². The molecule has 2 N–H and O–H groups in total. The van der Waals surface area contributed by atoms with Crippen molar-refractivity contribution in [2.24, 2.45) is 5.41 Å². The lowest BCUT2D eigenvalue weighted by atomic mass is 9.79. The number of methoxy groups -OCH3 is 1. The predicted molar refractivity (Wildman–Crippen MR) is 81.0 cm³/mol. The van der Waals surface area contributed by atoms with Crippen LogP contribution in [0, 0.1) is 17.0 Å². The second-order valence-electron chi connectivity index (χ2n) is 6.31. The van der Waals surface area contributed by atoms with E-state index in [0.717, 1.165) is 13.1 Å².